The highest BCUT2D eigenvalue weighted by molar-refractivity contribution is 6.00. The SMILES string of the molecule is C#CN(C(=O)C(NC(=O)OC(C)(C)C)C(C)CC)C(C(=O)Nc1c(C)cccc1C)c1ccc(O)cc1. The molecule has 3 unspecified atom stereocenters. The molecule has 2 aromatic rings. The van der Waals surface area contributed by atoms with Crippen LogP contribution in [-0.2, 0) is 14.3 Å². The molecule has 8 nitrogen and oxygen atoms in total. The minimum absolute atomic E-state index is 0.000291. The number of aryl methyl sites for hydroxylation is 2. The molecule has 0 fully saturated rings. The fraction of sp³-hybridized carbons (Fsp3) is 0.414. The first-order chi connectivity index (χ1) is 17.3. The molecule has 0 saturated heterocycles. The topological polar surface area (TPSA) is 108 Å². The number of nitrogens with zero attached hydrogens (tertiary/aromatic N) is 1. The van der Waals surface area contributed by atoms with Crippen molar-refractivity contribution in [1.29, 1.82) is 0 Å². The fourth-order valence-electron chi connectivity index (χ4n) is 3.81. The number of phenols is 1. The number of para-hydroxylation sites is 1. The standard InChI is InChI=1S/C29H37N3O5/c1-9-18(3)24(31-28(36)37-29(6,7)8)27(35)32(10-2)25(21-14-16-22(33)17-15-21)26(34)30-23-19(4)12-11-13-20(23)5/h2,11-18,24-25,33H,9H2,1,3-8H3,(H,30,34)(H,31,36). The molecule has 0 aliphatic heterocycles. The number of amides is 3. The summed E-state index contributed by atoms with van der Waals surface area (Å²) < 4.78 is 5.36. The number of carbonyl (C=O) groups is 3. The lowest BCUT2D eigenvalue weighted by Crippen LogP contribution is -2.53. The van der Waals surface area contributed by atoms with Crippen LogP contribution in [0, 0.1) is 32.2 Å². The lowest BCUT2D eigenvalue weighted by Gasteiger charge is -2.32. The molecule has 8 heteroatoms. The number of hydrogen-bond donors (Lipinski definition) is 3. The molecule has 0 aliphatic rings. The lowest BCUT2D eigenvalue weighted by molar-refractivity contribution is -0.137. The second-order valence-corrected chi connectivity index (χ2v) is 10.1. The Bertz CT molecular complexity index is 1140. The fourth-order valence-corrected chi connectivity index (χ4v) is 3.81. The highest BCUT2D eigenvalue weighted by atomic mass is 16.6. The molecule has 3 atom stereocenters. The maximum Gasteiger partial charge on any atom is 0.408 e. The van der Waals surface area contributed by atoms with E-state index < -0.39 is 35.6 Å². The summed E-state index contributed by atoms with van der Waals surface area (Å²) in [5.41, 5.74) is 1.94. The summed E-state index contributed by atoms with van der Waals surface area (Å²) in [6, 6.07) is 11.6. The maximum atomic E-state index is 13.8. The summed E-state index contributed by atoms with van der Waals surface area (Å²) in [5, 5.41) is 15.3. The third-order valence-corrected chi connectivity index (χ3v) is 5.97. The normalized spacial score (nSPS) is 13.5. The second kappa shape index (κ2) is 12.3. The zero-order valence-electron chi connectivity index (χ0n) is 22.6. The van der Waals surface area contributed by atoms with E-state index in [4.69, 9.17) is 11.2 Å². The van der Waals surface area contributed by atoms with Crippen molar-refractivity contribution in [3.8, 4) is 18.2 Å². The Balaban J connectivity index is 2.51. The Morgan fingerprint density at radius 2 is 1.65 bits per heavy atom. The van der Waals surface area contributed by atoms with Gasteiger partial charge in [-0.3, -0.25) is 14.5 Å². The summed E-state index contributed by atoms with van der Waals surface area (Å²) in [6.45, 7) is 12.6. The third-order valence-electron chi connectivity index (χ3n) is 5.97. The number of nitrogens with one attached hydrogen (secondary N) is 2. The van der Waals surface area contributed by atoms with Crippen LogP contribution in [0.25, 0.3) is 0 Å². The van der Waals surface area contributed by atoms with Gasteiger partial charge in [-0.1, -0.05) is 57.0 Å². The molecule has 2 rings (SSSR count). The number of anilines is 1. The molecule has 37 heavy (non-hydrogen) atoms. The summed E-state index contributed by atoms with van der Waals surface area (Å²) in [5.74, 6) is -1.47. The molecule has 0 radical (unpaired) electrons. The Labute approximate surface area is 219 Å². The zero-order chi connectivity index (χ0) is 27.9. The zero-order valence-corrected chi connectivity index (χ0v) is 22.6. The minimum atomic E-state index is -1.23. The van der Waals surface area contributed by atoms with Crippen molar-refractivity contribution >= 4 is 23.6 Å². The van der Waals surface area contributed by atoms with Crippen LogP contribution in [0.1, 0.15) is 63.8 Å². The molecular weight excluding hydrogens is 470 g/mol. The first kappa shape index (κ1) is 29.2. The molecule has 0 saturated carbocycles. The molecule has 198 valence electrons. The smallest absolute Gasteiger partial charge is 0.408 e. The number of carbonyl (C=O) groups excluding carboxylic acids is 3. The van der Waals surface area contributed by atoms with E-state index in [0.29, 0.717) is 17.7 Å². The van der Waals surface area contributed by atoms with E-state index >= 15 is 0 Å². The van der Waals surface area contributed by atoms with Gasteiger partial charge in [0.2, 0.25) is 0 Å². The lowest BCUT2D eigenvalue weighted by atomic mass is 9.96. The second-order valence-electron chi connectivity index (χ2n) is 10.1. The van der Waals surface area contributed by atoms with E-state index in [-0.39, 0.29) is 11.7 Å². The molecule has 0 heterocycles. The number of phenolic OH excluding ortho intramolecular Hbond substituents is 1. The Kier molecular flexibility index (Phi) is 9.73. The van der Waals surface area contributed by atoms with Gasteiger partial charge in [0.25, 0.3) is 11.8 Å². The average Bonchev–Trinajstić information content (AvgIpc) is 2.82. The highest BCUT2D eigenvalue weighted by Crippen LogP contribution is 2.28. The number of hydrogen-bond acceptors (Lipinski definition) is 5. The van der Waals surface area contributed by atoms with E-state index in [1.54, 1.807) is 27.7 Å². The van der Waals surface area contributed by atoms with Crippen molar-refractivity contribution in [1.82, 2.24) is 10.2 Å². The van der Waals surface area contributed by atoms with Gasteiger partial charge in [0.15, 0.2) is 0 Å². The van der Waals surface area contributed by atoms with Crippen molar-refractivity contribution in [2.75, 3.05) is 5.32 Å². The summed E-state index contributed by atoms with van der Waals surface area (Å²) in [4.78, 5) is 41.1. The molecule has 3 N–H and O–H groups in total. The minimum Gasteiger partial charge on any atom is -0.508 e. The number of benzene rings is 2. The number of aromatic hydroxyl groups is 1. The van der Waals surface area contributed by atoms with Crippen molar-refractivity contribution in [2.45, 2.75) is 72.6 Å². The van der Waals surface area contributed by atoms with Gasteiger partial charge in [0.1, 0.15) is 23.4 Å². The summed E-state index contributed by atoms with van der Waals surface area (Å²) in [6.07, 6.45) is 5.63. The molecular formula is C29H37N3O5. The Morgan fingerprint density at radius 1 is 1.08 bits per heavy atom. The van der Waals surface area contributed by atoms with Gasteiger partial charge in [-0.2, -0.15) is 0 Å². The van der Waals surface area contributed by atoms with Crippen LogP contribution >= 0.6 is 0 Å². The maximum absolute atomic E-state index is 13.8. The summed E-state index contributed by atoms with van der Waals surface area (Å²) >= 11 is 0. The number of ether oxygens (including phenoxy) is 1. The van der Waals surface area contributed by atoms with Gasteiger partial charge in [-0.15, -0.1) is 0 Å². The van der Waals surface area contributed by atoms with Crippen molar-refractivity contribution in [3.63, 3.8) is 0 Å². The van der Waals surface area contributed by atoms with Gasteiger partial charge >= 0.3 is 6.09 Å². The number of rotatable bonds is 8. The van der Waals surface area contributed by atoms with Crippen LogP contribution in [0.5, 0.6) is 5.75 Å². The predicted octanol–water partition coefficient (Wildman–Crippen LogP) is 5.05. The molecule has 3 amide bonds. The Hall–Kier alpha value is -3.99. The van der Waals surface area contributed by atoms with Crippen LogP contribution in [0.2, 0.25) is 0 Å². The highest BCUT2D eigenvalue weighted by Gasteiger charge is 2.38. The van der Waals surface area contributed by atoms with Crippen molar-refractivity contribution in [3.05, 3.63) is 59.2 Å². The molecule has 0 aromatic heterocycles. The number of terminal acetylenes is 1. The van der Waals surface area contributed by atoms with Gasteiger partial charge < -0.3 is 20.5 Å². The summed E-state index contributed by atoms with van der Waals surface area (Å²) in [7, 11) is 0. The van der Waals surface area contributed by atoms with Crippen LogP contribution in [0.4, 0.5) is 10.5 Å². The van der Waals surface area contributed by atoms with Gasteiger partial charge in [-0.25, -0.2) is 4.79 Å². The van der Waals surface area contributed by atoms with E-state index in [2.05, 4.69) is 16.7 Å². The van der Waals surface area contributed by atoms with Crippen molar-refractivity contribution < 1.29 is 24.2 Å². The first-order valence-corrected chi connectivity index (χ1v) is 12.2. The van der Waals surface area contributed by atoms with Crippen molar-refractivity contribution in [2.24, 2.45) is 5.92 Å². The molecule has 0 bridgehead atoms. The first-order valence-electron chi connectivity index (χ1n) is 12.2. The van der Waals surface area contributed by atoms with Crippen LogP contribution in [-0.4, -0.2) is 39.6 Å². The quantitative estimate of drug-likeness (QED) is 0.342. The largest absolute Gasteiger partial charge is 0.508 e. The van der Waals surface area contributed by atoms with Crippen LogP contribution < -0.4 is 10.6 Å². The van der Waals surface area contributed by atoms with Gasteiger partial charge in [-0.05, 0) is 69.4 Å². The molecule has 0 aliphatic carbocycles. The Morgan fingerprint density at radius 3 is 2.14 bits per heavy atom. The van der Waals surface area contributed by atoms with Crippen LogP contribution in [0.15, 0.2) is 42.5 Å². The monoisotopic (exact) mass is 507 g/mol. The third kappa shape index (κ3) is 7.74. The van der Waals surface area contributed by atoms with E-state index in [9.17, 15) is 19.5 Å². The van der Waals surface area contributed by atoms with E-state index in [1.807, 2.05) is 39.0 Å². The van der Waals surface area contributed by atoms with Crippen LogP contribution in [0.3, 0.4) is 0 Å². The van der Waals surface area contributed by atoms with E-state index in [1.165, 1.54) is 24.3 Å². The number of alkyl carbamates (subject to hydrolysis) is 1. The van der Waals surface area contributed by atoms with E-state index in [0.717, 1.165) is 16.0 Å². The average molecular weight is 508 g/mol. The van der Waals surface area contributed by atoms with Gasteiger partial charge in [0.05, 0.1) is 0 Å². The molecule has 0 spiro atoms. The van der Waals surface area contributed by atoms with Gasteiger partial charge in [0, 0.05) is 11.7 Å². The predicted molar refractivity (Wildman–Crippen MR) is 144 cm³/mol. The molecule has 2 aromatic carbocycles.